The third-order valence-corrected chi connectivity index (χ3v) is 3.29. The number of ether oxygens (including phenoxy) is 1. The SMILES string of the molecule is CCn1nc(COc2ccc(C=O)nc2)c2ccccc21. The summed E-state index contributed by atoms with van der Waals surface area (Å²) >= 11 is 0. The van der Waals surface area contributed by atoms with Gasteiger partial charge in [-0.3, -0.25) is 9.48 Å². The number of hydrogen-bond acceptors (Lipinski definition) is 4. The summed E-state index contributed by atoms with van der Waals surface area (Å²) in [6.07, 6.45) is 2.25. The zero-order chi connectivity index (χ0) is 14.7. The number of aromatic nitrogens is 3. The van der Waals surface area contributed by atoms with Crippen LogP contribution >= 0.6 is 0 Å². The van der Waals surface area contributed by atoms with Crippen molar-refractivity contribution in [1.29, 1.82) is 0 Å². The van der Waals surface area contributed by atoms with Crippen molar-refractivity contribution in [2.24, 2.45) is 0 Å². The van der Waals surface area contributed by atoms with Gasteiger partial charge < -0.3 is 4.74 Å². The molecule has 0 bridgehead atoms. The van der Waals surface area contributed by atoms with Crippen LogP contribution in [0, 0.1) is 0 Å². The average Bonchev–Trinajstić information content (AvgIpc) is 2.91. The molecule has 3 aromatic rings. The fourth-order valence-corrected chi connectivity index (χ4v) is 2.24. The van der Waals surface area contributed by atoms with Gasteiger partial charge in [-0.15, -0.1) is 0 Å². The van der Waals surface area contributed by atoms with E-state index in [2.05, 4.69) is 23.1 Å². The number of pyridine rings is 1. The number of para-hydroxylation sites is 1. The van der Waals surface area contributed by atoms with Gasteiger partial charge in [0.1, 0.15) is 23.7 Å². The standard InChI is InChI=1S/C16H15N3O2/c1-2-19-16-6-4-3-5-14(16)15(18-19)11-21-13-8-7-12(10-20)17-9-13/h3-10H,2,11H2,1H3. The summed E-state index contributed by atoms with van der Waals surface area (Å²) in [5.41, 5.74) is 2.39. The molecule has 0 aliphatic carbocycles. The third kappa shape index (κ3) is 2.63. The van der Waals surface area contributed by atoms with Crippen LogP contribution in [0.25, 0.3) is 10.9 Å². The second-order valence-electron chi connectivity index (χ2n) is 4.60. The summed E-state index contributed by atoms with van der Waals surface area (Å²) in [7, 11) is 0. The lowest BCUT2D eigenvalue weighted by Crippen LogP contribution is -2.00. The van der Waals surface area contributed by atoms with Crippen LogP contribution in [0.4, 0.5) is 0 Å². The lowest BCUT2D eigenvalue weighted by molar-refractivity contribution is 0.111. The summed E-state index contributed by atoms with van der Waals surface area (Å²) in [5.74, 6) is 0.621. The van der Waals surface area contributed by atoms with Crippen molar-refractivity contribution in [3.8, 4) is 5.75 Å². The highest BCUT2D eigenvalue weighted by Gasteiger charge is 2.09. The normalized spacial score (nSPS) is 10.7. The van der Waals surface area contributed by atoms with Crippen molar-refractivity contribution < 1.29 is 9.53 Å². The molecule has 0 aliphatic heterocycles. The fraction of sp³-hybridized carbons (Fsp3) is 0.188. The Kier molecular flexibility index (Phi) is 3.64. The Morgan fingerprint density at radius 3 is 2.81 bits per heavy atom. The number of hydrogen-bond donors (Lipinski definition) is 0. The molecular weight excluding hydrogens is 266 g/mol. The molecule has 0 saturated heterocycles. The molecule has 0 aliphatic rings. The van der Waals surface area contributed by atoms with Crippen molar-refractivity contribution in [2.75, 3.05) is 0 Å². The molecular formula is C16H15N3O2. The first kappa shape index (κ1) is 13.3. The number of rotatable bonds is 5. The van der Waals surface area contributed by atoms with Gasteiger partial charge in [-0.1, -0.05) is 18.2 Å². The van der Waals surface area contributed by atoms with Crippen LogP contribution in [0.15, 0.2) is 42.6 Å². The van der Waals surface area contributed by atoms with Gasteiger partial charge in [0.05, 0.1) is 11.7 Å². The van der Waals surface area contributed by atoms with E-state index in [4.69, 9.17) is 4.74 Å². The van der Waals surface area contributed by atoms with Gasteiger partial charge in [-0.05, 0) is 25.1 Å². The number of nitrogens with zero attached hydrogens (tertiary/aromatic N) is 3. The van der Waals surface area contributed by atoms with E-state index in [1.54, 1.807) is 18.3 Å². The van der Waals surface area contributed by atoms with E-state index in [0.29, 0.717) is 24.3 Å². The van der Waals surface area contributed by atoms with Gasteiger partial charge >= 0.3 is 0 Å². The molecule has 0 spiro atoms. The van der Waals surface area contributed by atoms with E-state index >= 15 is 0 Å². The van der Waals surface area contributed by atoms with Gasteiger partial charge in [0.15, 0.2) is 6.29 Å². The summed E-state index contributed by atoms with van der Waals surface area (Å²) in [4.78, 5) is 14.5. The van der Waals surface area contributed by atoms with Gasteiger partial charge in [-0.2, -0.15) is 5.10 Å². The van der Waals surface area contributed by atoms with Crippen molar-refractivity contribution in [3.05, 3.63) is 54.0 Å². The summed E-state index contributed by atoms with van der Waals surface area (Å²) in [5, 5.41) is 5.67. The van der Waals surface area contributed by atoms with Gasteiger partial charge in [0.25, 0.3) is 0 Å². The molecule has 0 unspecified atom stereocenters. The number of aldehydes is 1. The maximum atomic E-state index is 10.6. The highest BCUT2D eigenvalue weighted by atomic mass is 16.5. The fourth-order valence-electron chi connectivity index (χ4n) is 2.24. The van der Waals surface area contributed by atoms with E-state index in [0.717, 1.165) is 23.1 Å². The Morgan fingerprint density at radius 2 is 2.10 bits per heavy atom. The maximum absolute atomic E-state index is 10.6. The Hall–Kier alpha value is -2.69. The Balaban J connectivity index is 1.82. The highest BCUT2D eigenvalue weighted by Crippen LogP contribution is 2.20. The second kappa shape index (κ2) is 5.75. The third-order valence-electron chi connectivity index (χ3n) is 3.29. The van der Waals surface area contributed by atoms with Crippen molar-refractivity contribution >= 4 is 17.2 Å². The van der Waals surface area contributed by atoms with Crippen molar-refractivity contribution in [2.45, 2.75) is 20.1 Å². The van der Waals surface area contributed by atoms with Crippen LogP contribution in [0.3, 0.4) is 0 Å². The minimum absolute atomic E-state index is 0.371. The number of carbonyl (C=O) groups excluding carboxylic acids is 1. The van der Waals surface area contributed by atoms with Crippen LogP contribution < -0.4 is 4.74 Å². The number of carbonyl (C=O) groups is 1. The number of fused-ring (bicyclic) bond motifs is 1. The second-order valence-corrected chi connectivity index (χ2v) is 4.60. The van der Waals surface area contributed by atoms with E-state index in [1.165, 1.54) is 0 Å². The lowest BCUT2D eigenvalue weighted by Gasteiger charge is -2.03. The molecule has 21 heavy (non-hydrogen) atoms. The predicted molar refractivity (Wildman–Crippen MR) is 79.4 cm³/mol. The topological polar surface area (TPSA) is 57.0 Å². The molecule has 0 N–H and O–H groups in total. The molecule has 106 valence electrons. The Bertz CT molecular complexity index is 763. The average molecular weight is 281 g/mol. The molecule has 2 heterocycles. The quantitative estimate of drug-likeness (QED) is 0.675. The van der Waals surface area contributed by atoms with Crippen molar-refractivity contribution in [1.82, 2.24) is 14.8 Å². The minimum atomic E-state index is 0.371. The first-order valence-corrected chi connectivity index (χ1v) is 6.80. The summed E-state index contributed by atoms with van der Waals surface area (Å²) < 4.78 is 7.66. The van der Waals surface area contributed by atoms with Gasteiger partial charge in [0.2, 0.25) is 0 Å². The highest BCUT2D eigenvalue weighted by molar-refractivity contribution is 5.81. The van der Waals surface area contributed by atoms with E-state index in [9.17, 15) is 4.79 Å². The number of aryl methyl sites for hydroxylation is 1. The van der Waals surface area contributed by atoms with Crippen LogP contribution in [0.2, 0.25) is 0 Å². The van der Waals surface area contributed by atoms with E-state index in [-0.39, 0.29) is 0 Å². The molecule has 5 nitrogen and oxygen atoms in total. The molecule has 0 saturated carbocycles. The molecule has 2 aromatic heterocycles. The minimum Gasteiger partial charge on any atom is -0.486 e. The molecule has 0 fully saturated rings. The van der Waals surface area contributed by atoms with Gasteiger partial charge in [-0.25, -0.2) is 4.98 Å². The molecule has 0 atom stereocenters. The Labute approximate surface area is 122 Å². The molecule has 0 amide bonds. The summed E-state index contributed by atoms with van der Waals surface area (Å²) in [6, 6.07) is 11.5. The zero-order valence-electron chi connectivity index (χ0n) is 11.7. The molecule has 1 aromatic carbocycles. The monoisotopic (exact) mass is 281 g/mol. The first-order valence-electron chi connectivity index (χ1n) is 6.80. The largest absolute Gasteiger partial charge is 0.486 e. The summed E-state index contributed by atoms with van der Waals surface area (Å²) in [6.45, 7) is 3.25. The number of benzene rings is 1. The smallest absolute Gasteiger partial charge is 0.168 e. The first-order chi connectivity index (χ1) is 10.3. The van der Waals surface area contributed by atoms with E-state index in [1.807, 2.05) is 22.9 Å². The zero-order valence-corrected chi connectivity index (χ0v) is 11.7. The molecule has 3 rings (SSSR count). The molecule has 0 radical (unpaired) electrons. The van der Waals surface area contributed by atoms with Gasteiger partial charge in [0, 0.05) is 11.9 Å². The lowest BCUT2D eigenvalue weighted by atomic mass is 10.2. The van der Waals surface area contributed by atoms with Crippen molar-refractivity contribution in [3.63, 3.8) is 0 Å². The van der Waals surface area contributed by atoms with Crippen LogP contribution in [0.1, 0.15) is 23.1 Å². The van der Waals surface area contributed by atoms with Crippen LogP contribution in [0.5, 0.6) is 5.75 Å². The maximum Gasteiger partial charge on any atom is 0.168 e. The van der Waals surface area contributed by atoms with Crippen LogP contribution in [-0.4, -0.2) is 21.1 Å². The Morgan fingerprint density at radius 1 is 1.24 bits per heavy atom. The van der Waals surface area contributed by atoms with Crippen LogP contribution in [-0.2, 0) is 13.2 Å². The van der Waals surface area contributed by atoms with E-state index < -0.39 is 0 Å². The molecule has 5 heteroatoms. The predicted octanol–water partition coefficient (Wildman–Crippen LogP) is 2.84.